The molecule has 0 fully saturated rings. The number of nitrogens with one attached hydrogen (secondary N) is 1. The summed E-state index contributed by atoms with van der Waals surface area (Å²) in [4.78, 5) is 13.6. The summed E-state index contributed by atoms with van der Waals surface area (Å²) >= 11 is 1.73. The molecule has 0 aliphatic heterocycles. The lowest BCUT2D eigenvalue weighted by molar-refractivity contribution is -0.131. The monoisotopic (exact) mass is 268 g/mol. The van der Waals surface area contributed by atoms with Crippen LogP contribution in [0, 0.1) is 5.41 Å². The van der Waals surface area contributed by atoms with Gasteiger partial charge in [0.15, 0.2) is 0 Å². The predicted octanol–water partition coefficient (Wildman–Crippen LogP) is 2.56. The van der Waals surface area contributed by atoms with E-state index in [0.717, 1.165) is 19.3 Å². The predicted molar refractivity (Wildman–Crippen MR) is 77.7 cm³/mol. The van der Waals surface area contributed by atoms with E-state index in [-0.39, 0.29) is 11.9 Å². The molecule has 4 heteroatoms. The maximum atomic E-state index is 12.3. The minimum absolute atomic E-state index is 0.0963. The lowest BCUT2D eigenvalue weighted by Crippen LogP contribution is -2.48. The normalized spacial score (nSPS) is 13.3. The smallest absolute Gasteiger partial charge is 0.227 e. The fourth-order valence-corrected chi connectivity index (χ4v) is 2.95. The van der Waals surface area contributed by atoms with Crippen LogP contribution in [-0.2, 0) is 11.2 Å². The van der Waals surface area contributed by atoms with E-state index in [1.165, 1.54) is 4.88 Å². The quantitative estimate of drug-likeness (QED) is 0.798. The SMILES string of the molecule is CCC(CC)(CN)C(=O)N[C@@H](C)Cc1cccs1. The van der Waals surface area contributed by atoms with Gasteiger partial charge in [0, 0.05) is 23.9 Å². The Balaban J connectivity index is 2.57. The molecule has 0 aliphatic rings. The second-order valence-corrected chi connectivity index (χ2v) is 5.88. The third-order valence-electron chi connectivity index (χ3n) is 3.69. The Labute approximate surface area is 114 Å². The van der Waals surface area contributed by atoms with Crippen LogP contribution in [0.5, 0.6) is 0 Å². The third-order valence-corrected chi connectivity index (χ3v) is 4.59. The lowest BCUT2D eigenvalue weighted by Gasteiger charge is -2.30. The van der Waals surface area contributed by atoms with Gasteiger partial charge in [0.25, 0.3) is 0 Å². The van der Waals surface area contributed by atoms with Gasteiger partial charge in [0.05, 0.1) is 5.41 Å². The largest absolute Gasteiger partial charge is 0.353 e. The maximum absolute atomic E-state index is 12.3. The van der Waals surface area contributed by atoms with E-state index in [2.05, 4.69) is 16.8 Å². The molecule has 0 bridgehead atoms. The Hall–Kier alpha value is -0.870. The molecule has 1 rings (SSSR count). The summed E-state index contributed by atoms with van der Waals surface area (Å²) in [5.74, 6) is 0.0963. The molecule has 102 valence electrons. The van der Waals surface area contributed by atoms with Gasteiger partial charge in [0.2, 0.25) is 5.91 Å². The molecule has 0 radical (unpaired) electrons. The molecule has 1 aromatic rings. The van der Waals surface area contributed by atoms with Crippen LogP contribution in [-0.4, -0.2) is 18.5 Å². The standard InChI is InChI=1S/C14H24N2OS/c1-4-14(5-2,10-15)13(17)16-11(3)9-12-7-6-8-18-12/h6-8,11H,4-5,9-10,15H2,1-3H3,(H,16,17)/t11-/m0/s1. The Morgan fingerprint density at radius 1 is 1.50 bits per heavy atom. The van der Waals surface area contributed by atoms with Gasteiger partial charge >= 0.3 is 0 Å². The van der Waals surface area contributed by atoms with E-state index in [1.54, 1.807) is 11.3 Å². The highest BCUT2D eigenvalue weighted by molar-refractivity contribution is 7.09. The molecular weight excluding hydrogens is 244 g/mol. The van der Waals surface area contributed by atoms with Gasteiger partial charge < -0.3 is 11.1 Å². The zero-order valence-corrected chi connectivity index (χ0v) is 12.3. The van der Waals surface area contributed by atoms with Gasteiger partial charge in [-0.25, -0.2) is 0 Å². The van der Waals surface area contributed by atoms with Gasteiger partial charge in [-0.2, -0.15) is 0 Å². The minimum Gasteiger partial charge on any atom is -0.353 e. The first-order valence-electron chi connectivity index (χ1n) is 6.61. The van der Waals surface area contributed by atoms with Crippen molar-refractivity contribution in [2.75, 3.05) is 6.54 Å². The van der Waals surface area contributed by atoms with Crippen LogP contribution in [0.15, 0.2) is 17.5 Å². The van der Waals surface area contributed by atoms with Gasteiger partial charge in [0.1, 0.15) is 0 Å². The highest BCUT2D eigenvalue weighted by Gasteiger charge is 2.33. The average Bonchev–Trinajstić information content (AvgIpc) is 2.84. The van der Waals surface area contributed by atoms with Crippen LogP contribution in [0.1, 0.15) is 38.5 Å². The number of amides is 1. The molecule has 0 aliphatic carbocycles. The molecule has 0 unspecified atom stereocenters. The maximum Gasteiger partial charge on any atom is 0.227 e. The summed E-state index contributed by atoms with van der Waals surface area (Å²) < 4.78 is 0. The van der Waals surface area contributed by atoms with Crippen LogP contribution >= 0.6 is 11.3 Å². The summed E-state index contributed by atoms with van der Waals surface area (Å²) in [5.41, 5.74) is 5.38. The van der Waals surface area contributed by atoms with E-state index in [9.17, 15) is 4.79 Å². The number of hydrogen-bond donors (Lipinski definition) is 2. The first-order valence-corrected chi connectivity index (χ1v) is 7.49. The van der Waals surface area contributed by atoms with Crippen LogP contribution < -0.4 is 11.1 Å². The summed E-state index contributed by atoms with van der Waals surface area (Å²) in [6.45, 7) is 6.52. The molecular formula is C14H24N2OS. The van der Waals surface area contributed by atoms with Gasteiger partial charge in [-0.3, -0.25) is 4.79 Å². The molecule has 3 N–H and O–H groups in total. The Morgan fingerprint density at radius 3 is 2.61 bits per heavy atom. The summed E-state index contributed by atoms with van der Waals surface area (Å²) in [5, 5.41) is 5.16. The highest BCUT2D eigenvalue weighted by Crippen LogP contribution is 2.25. The van der Waals surface area contributed by atoms with Crippen molar-refractivity contribution in [3.63, 3.8) is 0 Å². The Kier molecular flexibility index (Phi) is 5.82. The number of carbonyl (C=O) groups is 1. The second-order valence-electron chi connectivity index (χ2n) is 4.85. The summed E-state index contributed by atoms with van der Waals surface area (Å²) in [6, 6.07) is 4.29. The highest BCUT2D eigenvalue weighted by atomic mass is 32.1. The van der Waals surface area contributed by atoms with E-state index < -0.39 is 5.41 Å². The molecule has 0 spiro atoms. The van der Waals surface area contributed by atoms with Crippen molar-refractivity contribution in [2.45, 2.75) is 46.1 Å². The van der Waals surface area contributed by atoms with E-state index in [0.29, 0.717) is 6.54 Å². The van der Waals surface area contributed by atoms with Crippen molar-refractivity contribution in [2.24, 2.45) is 11.1 Å². The Morgan fingerprint density at radius 2 is 2.17 bits per heavy atom. The van der Waals surface area contributed by atoms with Crippen molar-refractivity contribution in [1.82, 2.24) is 5.32 Å². The summed E-state index contributed by atoms with van der Waals surface area (Å²) in [7, 11) is 0. The number of carbonyl (C=O) groups excluding carboxylic acids is 1. The van der Waals surface area contributed by atoms with Crippen LogP contribution in [0.25, 0.3) is 0 Å². The minimum atomic E-state index is -0.399. The lowest BCUT2D eigenvalue weighted by atomic mass is 9.81. The van der Waals surface area contributed by atoms with Crippen LogP contribution in [0.2, 0.25) is 0 Å². The Bertz CT molecular complexity index is 350. The molecule has 0 saturated carbocycles. The third kappa shape index (κ3) is 3.56. The number of rotatable bonds is 7. The molecule has 0 aromatic carbocycles. The second kappa shape index (κ2) is 6.90. The zero-order chi connectivity index (χ0) is 13.6. The van der Waals surface area contributed by atoms with Gasteiger partial charge in [-0.1, -0.05) is 19.9 Å². The molecule has 1 atom stereocenters. The van der Waals surface area contributed by atoms with Crippen molar-refractivity contribution in [1.29, 1.82) is 0 Å². The van der Waals surface area contributed by atoms with Crippen molar-refractivity contribution < 1.29 is 4.79 Å². The van der Waals surface area contributed by atoms with Gasteiger partial charge in [-0.05, 0) is 31.2 Å². The van der Waals surface area contributed by atoms with Crippen molar-refractivity contribution in [3.05, 3.63) is 22.4 Å². The summed E-state index contributed by atoms with van der Waals surface area (Å²) in [6.07, 6.45) is 2.46. The van der Waals surface area contributed by atoms with E-state index in [1.807, 2.05) is 26.8 Å². The number of hydrogen-bond acceptors (Lipinski definition) is 3. The van der Waals surface area contributed by atoms with E-state index >= 15 is 0 Å². The molecule has 1 heterocycles. The molecule has 0 saturated heterocycles. The molecule has 1 aromatic heterocycles. The zero-order valence-electron chi connectivity index (χ0n) is 11.5. The molecule has 18 heavy (non-hydrogen) atoms. The average molecular weight is 268 g/mol. The van der Waals surface area contributed by atoms with Crippen LogP contribution in [0.3, 0.4) is 0 Å². The van der Waals surface area contributed by atoms with Crippen molar-refractivity contribution in [3.8, 4) is 0 Å². The first-order chi connectivity index (χ1) is 8.57. The molecule has 3 nitrogen and oxygen atoms in total. The van der Waals surface area contributed by atoms with Crippen molar-refractivity contribution >= 4 is 17.2 Å². The fraction of sp³-hybridized carbons (Fsp3) is 0.643. The van der Waals surface area contributed by atoms with Gasteiger partial charge in [-0.15, -0.1) is 11.3 Å². The topological polar surface area (TPSA) is 55.1 Å². The number of thiophene rings is 1. The molecule has 1 amide bonds. The number of nitrogens with two attached hydrogens (primary N) is 1. The fourth-order valence-electron chi connectivity index (χ4n) is 2.11. The van der Waals surface area contributed by atoms with E-state index in [4.69, 9.17) is 5.73 Å². The van der Waals surface area contributed by atoms with Crippen LogP contribution in [0.4, 0.5) is 0 Å². The first kappa shape index (κ1) is 15.2.